The summed E-state index contributed by atoms with van der Waals surface area (Å²) in [4.78, 5) is 4.23. The monoisotopic (exact) mass is 240 g/mol. The van der Waals surface area contributed by atoms with E-state index in [4.69, 9.17) is 4.74 Å². The molecule has 0 aliphatic rings. The highest BCUT2D eigenvalue weighted by molar-refractivity contribution is 6.07. The van der Waals surface area contributed by atoms with Gasteiger partial charge in [0, 0.05) is 41.8 Å². The summed E-state index contributed by atoms with van der Waals surface area (Å²) >= 11 is 0. The molecule has 3 rings (SSSR count). The van der Waals surface area contributed by atoms with Crippen molar-refractivity contribution < 1.29 is 4.74 Å². The van der Waals surface area contributed by atoms with Crippen LogP contribution < -0.4 is 0 Å². The van der Waals surface area contributed by atoms with Crippen molar-refractivity contribution in [1.29, 1.82) is 0 Å². The van der Waals surface area contributed by atoms with Crippen molar-refractivity contribution in [3.63, 3.8) is 0 Å². The van der Waals surface area contributed by atoms with Gasteiger partial charge in [-0.1, -0.05) is 18.2 Å². The fourth-order valence-electron chi connectivity index (χ4n) is 2.44. The highest BCUT2D eigenvalue weighted by Gasteiger charge is 2.09. The smallest absolute Gasteiger partial charge is 0.0645 e. The lowest BCUT2D eigenvalue weighted by molar-refractivity contribution is 0.140. The van der Waals surface area contributed by atoms with Crippen LogP contribution in [0.3, 0.4) is 0 Å². The van der Waals surface area contributed by atoms with Gasteiger partial charge >= 0.3 is 0 Å². The largest absolute Gasteiger partial charge is 0.380 e. The fraction of sp³-hybridized carbons (Fsp3) is 0.267. The molecule has 0 radical (unpaired) electrons. The second-order valence-corrected chi connectivity index (χ2v) is 4.26. The molecule has 0 atom stereocenters. The molecule has 0 aliphatic carbocycles. The molecule has 0 saturated heterocycles. The van der Waals surface area contributed by atoms with Crippen molar-refractivity contribution in [1.82, 2.24) is 9.55 Å². The number of hydrogen-bond acceptors (Lipinski definition) is 2. The summed E-state index contributed by atoms with van der Waals surface area (Å²) in [7, 11) is 0. The van der Waals surface area contributed by atoms with Crippen LogP contribution in [0.5, 0.6) is 0 Å². The first-order valence-corrected chi connectivity index (χ1v) is 6.30. The average Bonchev–Trinajstić information content (AvgIpc) is 2.74. The molecule has 0 N–H and O–H groups in total. The van der Waals surface area contributed by atoms with E-state index >= 15 is 0 Å². The third-order valence-corrected chi connectivity index (χ3v) is 3.24. The predicted octanol–water partition coefficient (Wildman–Crippen LogP) is 3.23. The molecule has 3 nitrogen and oxygen atoms in total. The lowest BCUT2D eigenvalue weighted by atomic mass is 10.2. The third-order valence-electron chi connectivity index (χ3n) is 3.24. The quantitative estimate of drug-likeness (QED) is 0.655. The Balaban J connectivity index is 2.18. The minimum atomic E-state index is 0.743. The zero-order valence-electron chi connectivity index (χ0n) is 10.5. The number of benzene rings is 1. The van der Waals surface area contributed by atoms with Gasteiger partial charge in [0.25, 0.3) is 0 Å². The molecule has 92 valence electrons. The molecule has 3 aromatic rings. The number of para-hydroxylation sites is 1. The molecule has 0 amide bonds. The first-order chi connectivity index (χ1) is 8.92. The van der Waals surface area contributed by atoms with Crippen molar-refractivity contribution in [2.24, 2.45) is 0 Å². The Hall–Kier alpha value is -1.87. The minimum Gasteiger partial charge on any atom is -0.380 e. The van der Waals surface area contributed by atoms with E-state index in [2.05, 4.69) is 39.9 Å². The summed E-state index contributed by atoms with van der Waals surface area (Å²) in [5.41, 5.74) is 2.48. The van der Waals surface area contributed by atoms with E-state index in [9.17, 15) is 0 Å². The number of pyridine rings is 1. The summed E-state index contributed by atoms with van der Waals surface area (Å²) in [6.45, 7) is 4.41. The van der Waals surface area contributed by atoms with E-state index < -0.39 is 0 Å². The predicted molar refractivity (Wildman–Crippen MR) is 73.7 cm³/mol. The van der Waals surface area contributed by atoms with Crippen LogP contribution in [-0.4, -0.2) is 22.8 Å². The van der Waals surface area contributed by atoms with Crippen LogP contribution in [0, 0.1) is 0 Å². The Labute approximate surface area is 106 Å². The van der Waals surface area contributed by atoms with Gasteiger partial charge < -0.3 is 9.30 Å². The van der Waals surface area contributed by atoms with E-state index in [0.717, 1.165) is 19.8 Å². The summed E-state index contributed by atoms with van der Waals surface area (Å²) < 4.78 is 7.78. The molecule has 2 heterocycles. The minimum absolute atomic E-state index is 0.743. The molecule has 3 heteroatoms. The van der Waals surface area contributed by atoms with Gasteiger partial charge in [-0.15, -0.1) is 0 Å². The van der Waals surface area contributed by atoms with Crippen molar-refractivity contribution in [2.75, 3.05) is 13.2 Å². The summed E-state index contributed by atoms with van der Waals surface area (Å²) in [5, 5.41) is 2.47. The van der Waals surface area contributed by atoms with Gasteiger partial charge in [0.2, 0.25) is 0 Å². The average molecular weight is 240 g/mol. The number of aromatic nitrogens is 2. The number of hydrogen-bond donors (Lipinski definition) is 0. The molecular weight excluding hydrogens is 224 g/mol. The lowest BCUT2D eigenvalue weighted by Gasteiger charge is -2.07. The Morgan fingerprint density at radius 2 is 1.94 bits per heavy atom. The van der Waals surface area contributed by atoms with Gasteiger partial charge in [0.1, 0.15) is 0 Å². The number of fused-ring (bicyclic) bond motifs is 3. The summed E-state index contributed by atoms with van der Waals surface area (Å²) in [5.74, 6) is 0. The molecule has 18 heavy (non-hydrogen) atoms. The molecule has 0 spiro atoms. The van der Waals surface area contributed by atoms with Crippen molar-refractivity contribution >= 4 is 21.8 Å². The van der Waals surface area contributed by atoms with Crippen LogP contribution in [0.1, 0.15) is 6.92 Å². The Morgan fingerprint density at radius 1 is 1.11 bits per heavy atom. The topological polar surface area (TPSA) is 27.1 Å². The Bertz CT molecular complexity index is 619. The zero-order chi connectivity index (χ0) is 12.4. The number of ether oxygens (including phenoxy) is 1. The normalized spacial score (nSPS) is 11.4. The van der Waals surface area contributed by atoms with Gasteiger partial charge in [-0.3, -0.25) is 4.98 Å². The molecule has 0 aliphatic heterocycles. The van der Waals surface area contributed by atoms with Crippen LogP contribution in [0.25, 0.3) is 21.8 Å². The van der Waals surface area contributed by atoms with E-state index in [1.54, 1.807) is 0 Å². The highest BCUT2D eigenvalue weighted by atomic mass is 16.5. The Morgan fingerprint density at radius 3 is 2.83 bits per heavy atom. The van der Waals surface area contributed by atoms with Crippen LogP contribution in [-0.2, 0) is 11.3 Å². The summed E-state index contributed by atoms with van der Waals surface area (Å²) in [6.07, 6.45) is 3.78. The second-order valence-electron chi connectivity index (χ2n) is 4.26. The van der Waals surface area contributed by atoms with Crippen molar-refractivity contribution in [2.45, 2.75) is 13.5 Å². The molecule has 0 fully saturated rings. The Kier molecular flexibility index (Phi) is 2.99. The maximum Gasteiger partial charge on any atom is 0.0645 e. The number of nitrogens with zero attached hydrogens (tertiary/aromatic N) is 2. The first kappa shape index (κ1) is 11.2. The van der Waals surface area contributed by atoms with E-state index in [0.29, 0.717) is 0 Å². The van der Waals surface area contributed by atoms with Gasteiger partial charge in [-0.05, 0) is 19.1 Å². The molecule has 1 aromatic carbocycles. The van der Waals surface area contributed by atoms with Gasteiger partial charge in [-0.25, -0.2) is 0 Å². The molecular formula is C15H16N2O. The van der Waals surface area contributed by atoms with Gasteiger partial charge in [0.15, 0.2) is 0 Å². The van der Waals surface area contributed by atoms with Crippen LogP contribution in [0.15, 0.2) is 42.7 Å². The van der Waals surface area contributed by atoms with Gasteiger partial charge in [0.05, 0.1) is 12.1 Å². The third kappa shape index (κ3) is 1.77. The molecule has 2 aromatic heterocycles. The lowest BCUT2D eigenvalue weighted by Crippen LogP contribution is -2.05. The molecule has 0 saturated carbocycles. The van der Waals surface area contributed by atoms with Crippen LogP contribution in [0.2, 0.25) is 0 Å². The first-order valence-electron chi connectivity index (χ1n) is 6.30. The van der Waals surface area contributed by atoms with Crippen molar-refractivity contribution in [3.8, 4) is 0 Å². The van der Waals surface area contributed by atoms with Crippen molar-refractivity contribution in [3.05, 3.63) is 42.7 Å². The maximum absolute atomic E-state index is 5.47. The number of rotatable bonds is 4. The van der Waals surface area contributed by atoms with Gasteiger partial charge in [-0.2, -0.15) is 0 Å². The molecule has 0 unspecified atom stereocenters. The SMILES string of the molecule is CCOCCn1c2ccccc2c2cnccc21. The molecule has 0 bridgehead atoms. The van der Waals surface area contributed by atoms with Crippen LogP contribution in [0.4, 0.5) is 0 Å². The second kappa shape index (κ2) is 4.78. The maximum atomic E-state index is 5.47. The zero-order valence-corrected chi connectivity index (χ0v) is 10.5. The van der Waals surface area contributed by atoms with E-state index in [1.165, 1.54) is 21.8 Å². The standard InChI is InChI=1S/C15H16N2O/c1-2-18-10-9-17-14-6-4-3-5-12(14)13-11-16-8-7-15(13)17/h3-8,11H,2,9-10H2,1H3. The summed E-state index contributed by atoms with van der Waals surface area (Å²) in [6, 6.07) is 10.5. The highest BCUT2D eigenvalue weighted by Crippen LogP contribution is 2.27. The van der Waals surface area contributed by atoms with E-state index in [-0.39, 0.29) is 0 Å². The fourth-order valence-corrected chi connectivity index (χ4v) is 2.44. The van der Waals surface area contributed by atoms with Crippen LogP contribution >= 0.6 is 0 Å². The van der Waals surface area contributed by atoms with E-state index in [1.807, 2.05) is 19.3 Å².